The molecular weight excluding hydrogens is 479 g/mol. The molecular formula is C26H29N4O5P. The molecule has 9 nitrogen and oxygen atoms in total. The van der Waals surface area contributed by atoms with Crippen molar-refractivity contribution >= 4 is 13.5 Å². The Labute approximate surface area is 210 Å². The molecule has 0 fully saturated rings. The lowest BCUT2D eigenvalue weighted by atomic mass is 10.2. The zero-order valence-corrected chi connectivity index (χ0v) is 20.9. The third-order valence-electron chi connectivity index (χ3n) is 5.23. The maximum atomic E-state index is 14.0. The average Bonchev–Trinajstić information content (AvgIpc) is 2.91. The highest BCUT2D eigenvalue weighted by Crippen LogP contribution is 2.56. The molecule has 0 aromatic heterocycles. The van der Waals surface area contributed by atoms with Gasteiger partial charge in [0.2, 0.25) is 5.91 Å². The zero-order chi connectivity index (χ0) is 25.6. The average molecular weight is 509 g/mol. The van der Waals surface area contributed by atoms with Gasteiger partial charge in [0.1, 0.15) is 12.4 Å². The first-order valence-electron chi connectivity index (χ1n) is 11.5. The van der Waals surface area contributed by atoms with E-state index in [4.69, 9.17) is 13.9 Å². The van der Waals surface area contributed by atoms with Gasteiger partial charge in [-0.05, 0) is 28.6 Å². The summed E-state index contributed by atoms with van der Waals surface area (Å²) in [6.07, 6.45) is 0.0132. The van der Waals surface area contributed by atoms with Crippen molar-refractivity contribution in [3.63, 3.8) is 0 Å². The lowest BCUT2D eigenvalue weighted by Crippen LogP contribution is -2.31. The Morgan fingerprint density at radius 2 is 1.31 bits per heavy atom. The second-order valence-corrected chi connectivity index (χ2v) is 10.1. The van der Waals surface area contributed by atoms with E-state index in [9.17, 15) is 14.9 Å². The van der Waals surface area contributed by atoms with E-state index in [1.54, 1.807) is 0 Å². The number of hydrogen-bond donors (Lipinski definition) is 0. The number of rotatable bonds is 14. The van der Waals surface area contributed by atoms with E-state index in [2.05, 4.69) is 10.0 Å². The number of benzene rings is 3. The van der Waals surface area contributed by atoms with Crippen molar-refractivity contribution in [2.75, 3.05) is 6.54 Å². The fraction of sp³-hybridized carbons (Fsp3) is 0.269. The van der Waals surface area contributed by atoms with Crippen LogP contribution in [-0.4, -0.2) is 23.3 Å². The molecule has 10 heteroatoms. The lowest BCUT2D eigenvalue weighted by Gasteiger charge is -2.26. The molecule has 1 amide bonds. The fourth-order valence-corrected chi connectivity index (χ4v) is 4.98. The molecule has 0 aliphatic heterocycles. The Kier molecular flexibility index (Phi) is 10.7. The Hall–Kier alpha value is -3.45. The van der Waals surface area contributed by atoms with Gasteiger partial charge in [0.25, 0.3) is 0 Å². The molecule has 36 heavy (non-hydrogen) atoms. The number of azide groups is 1. The van der Waals surface area contributed by atoms with Crippen molar-refractivity contribution in [3.8, 4) is 0 Å². The van der Waals surface area contributed by atoms with Crippen molar-refractivity contribution in [2.24, 2.45) is 5.11 Å². The van der Waals surface area contributed by atoms with Crippen LogP contribution < -0.4 is 0 Å². The minimum absolute atomic E-state index is 0.00524. The summed E-state index contributed by atoms with van der Waals surface area (Å²) >= 11 is 0. The quantitative estimate of drug-likeness (QED) is 0.0798. The van der Waals surface area contributed by atoms with Crippen LogP contribution in [0, 0.1) is 0 Å². The van der Waals surface area contributed by atoms with Crippen LogP contribution >= 0.6 is 7.60 Å². The third-order valence-corrected chi connectivity index (χ3v) is 7.30. The van der Waals surface area contributed by atoms with Crippen LogP contribution in [0.3, 0.4) is 0 Å². The predicted molar refractivity (Wildman–Crippen MR) is 136 cm³/mol. The molecule has 0 N–H and O–H groups in total. The van der Waals surface area contributed by atoms with E-state index in [1.165, 1.54) is 6.92 Å². The maximum Gasteiger partial charge on any atom is 0.340 e. The van der Waals surface area contributed by atoms with Crippen molar-refractivity contribution in [1.29, 1.82) is 0 Å². The minimum Gasteiger partial charge on any atom is -0.303 e. The molecule has 0 aliphatic carbocycles. The van der Waals surface area contributed by atoms with E-state index >= 15 is 0 Å². The van der Waals surface area contributed by atoms with Gasteiger partial charge < -0.3 is 9.05 Å². The number of carbonyl (C=O) groups is 1. The first-order valence-corrected chi connectivity index (χ1v) is 13.1. The predicted octanol–water partition coefficient (Wildman–Crippen LogP) is 6.62. The second kappa shape index (κ2) is 14.2. The van der Waals surface area contributed by atoms with Gasteiger partial charge in [0, 0.05) is 18.4 Å². The van der Waals surface area contributed by atoms with Crippen LogP contribution in [0.1, 0.15) is 30.0 Å². The Balaban J connectivity index is 1.74. The normalized spacial score (nSPS) is 11.9. The van der Waals surface area contributed by atoms with Gasteiger partial charge in [-0.25, -0.2) is 5.06 Å². The van der Waals surface area contributed by atoms with Gasteiger partial charge in [-0.2, -0.15) is 0 Å². The summed E-state index contributed by atoms with van der Waals surface area (Å²) in [6, 6.07) is 27.8. The van der Waals surface area contributed by atoms with E-state index < -0.39 is 13.4 Å². The summed E-state index contributed by atoms with van der Waals surface area (Å²) in [7, 11) is -3.95. The topological polar surface area (TPSA) is 114 Å². The molecule has 0 saturated heterocycles. The van der Waals surface area contributed by atoms with Crippen molar-refractivity contribution in [3.05, 3.63) is 118 Å². The molecule has 0 bridgehead atoms. The number of carbonyl (C=O) groups excluding carboxylic acids is 1. The molecule has 0 aliphatic rings. The number of amides is 1. The van der Waals surface area contributed by atoms with Crippen LogP contribution in [0.4, 0.5) is 0 Å². The van der Waals surface area contributed by atoms with Crippen molar-refractivity contribution < 1.29 is 23.2 Å². The molecule has 3 aromatic rings. The summed E-state index contributed by atoms with van der Waals surface area (Å²) in [4.78, 5) is 20.7. The highest BCUT2D eigenvalue weighted by molar-refractivity contribution is 7.54. The highest BCUT2D eigenvalue weighted by atomic mass is 31.2. The van der Waals surface area contributed by atoms with Gasteiger partial charge in [0.05, 0.1) is 13.2 Å². The Bertz CT molecular complexity index is 1130. The summed E-state index contributed by atoms with van der Waals surface area (Å²) in [6.45, 7) is 1.58. The minimum atomic E-state index is -3.95. The first kappa shape index (κ1) is 27.1. The number of hydroxylamine groups is 2. The smallest absolute Gasteiger partial charge is 0.303 e. The monoisotopic (exact) mass is 508 g/mol. The van der Waals surface area contributed by atoms with E-state index in [-0.39, 0.29) is 38.7 Å². The van der Waals surface area contributed by atoms with Gasteiger partial charge in [-0.15, -0.1) is 0 Å². The van der Waals surface area contributed by atoms with E-state index in [0.717, 1.165) is 21.8 Å². The fourth-order valence-electron chi connectivity index (χ4n) is 3.30. The van der Waals surface area contributed by atoms with Crippen molar-refractivity contribution in [2.45, 2.75) is 38.9 Å². The maximum absolute atomic E-state index is 14.0. The molecule has 3 aromatic carbocycles. The summed E-state index contributed by atoms with van der Waals surface area (Å²) in [5.74, 6) is -1.51. The summed E-state index contributed by atoms with van der Waals surface area (Å²) < 4.78 is 25.6. The van der Waals surface area contributed by atoms with Crippen molar-refractivity contribution in [1.82, 2.24) is 5.06 Å². The molecule has 3 rings (SSSR count). The molecule has 1 unspecified atom stereocenters. The summed E-state index contributed by atoms with van der Waals surface area (Å²) in [5, 5.41) is 4.90. The lowest BCUT2D eigenvalue weighted by molar-refractivity contribution is -0.189. The molecule has 188 valence electrons. The van der Waals surface area contributed by atoms with Crippen LogP contribution in [0.5, 0.6) is 0 Å². The van der Waals surface area contributed by atoms with E-state index in [1.807, 2.05) is 91.0 Å². The molecule has 0 radical (unpaired) electrons. The molecule has 0 saturated carbocycles. The zero-order valence-electron chi connectivity index (χ0n) is 20.1. The Morgan fingerprint density at radius 3 is 1.72 bits per heavy atom. The standard InChI is InChI=1S/C26H29N4O5P/c1-22(31)30(33-19-23-11-5-2-6-12-23)18-17-26(28-29-27)36(32,34-20-24-13-7-3-8-14-24)35-21-25-15-9-4-10-16-25/h2-16,26H,17-21H2,1H3. The van der Waals surface area contributed by atoms with Crippen LogP contribution in [0.25, 0.3) is 10.4 Å². The van der Waals surface area contributed by atoms with Gasteiger partial charge in [-0.3, -0.25) is 14.2 Å². The molecule has 0 heterocycles. The molecule has 0 spiro atoms. The van der Waals surface area contributed by atoms with Gasteiger partial charge >= 0.3 is 7.60 Å². The van der Waals surface area contributed by atoms with Crippen LogP contribution in [0.15, 0.2) is 96.1 Å². The van der Waals surface area contributed by atoms with Gasteiger partial charge in [0.15, 0.2) is 0 Å². The summed E-state index contributed by atoms with van der Waals surface area (Å²) in [5.41, 5.74) is 11.7. The Morgan fingerprint density at radius 1 is 0.861 bits per heavy atom. The highest BCUT2D eigenvalue weighted by Gasteiger charge is 2.36. The first-order chi connectivity index (χ1) is 17.5. The number of hydrogen-bond acceptors (Lipinski definition) is 6. The third kappa shape index (κ3) is 8.64. The number of nitrogens with zero attached hydrogens (tertiary/aromatic N) is 4. The second-order valence-electron chi connectivity index (χ2n) is 7.91. The largest absolute Gasteiger partial charge is 0.340 e. The van der Waals surface area contributed by atoms with Crippen LogP contribution in [0.2, 0.25) is 0 Å². The van der Waals surface area contributed by atoms with Crippen LogP contribution in [-0.2, 0) is 43.1 Å². The van der Waals surface area contributed by atoms with E-state index in [0.29, 0.717) is 0 Å². The SMILES string of the molecule is CC(=O)N(CCC(N=[N+]=[N-])P(=O)(OCc1ccccc1)OCc1ccccc1)OCc1ccccc1. The molecule has 1 atom stereocenters. The van der Waals surface area contributed by atoms with Gasteiger partial charge in [-0.1, -0.05) is 96.1 Å².